The van der Waals surface area contributed by atoms with Gasteiger partial charge in [-0.25, -0.2) is 0 Å². The number of nitrogens with one attached hydrogen (secondary N) is 1. The maximum Gasteiger partial charge on any atom is 0.255 e. The number of carbonyl (C=O) groups excluding carboxylic acids is 1. The van der Waals surface area contributed by atoms with Crippen LogP contribution in [0.15, 0.2) is 75.9 Å². The molecular weight excluding hydrogens is 418 g/mol. The summed E-state index contributed by atoms with van der Waals surface area (Å²) >= 11 is 0. The molecule has 0 fully saturated rings. The molecule has 2 heterocycles. The van der Waals surface area contributed by atoms with Gasteiger partial charge in [-0.1, -0.05) is 42.5 Å². The van der Waals surface area contributed by atoms with Gasteiger partial charge in [-0.05, 0) is 43.7 Å². The number of para-hydroxylation sites is 1. The van der Waals surface area contributed by atoms with E-state index in [0.717, 1.165) is 11.1 Å². The summed E-state index contributed by atoms with van der Waals surface area (Å²) in [6.45, 7) is 4.65. The van der Waals surface area contributed by atoms with Gasteiger partial charge in [0.05, 0.1) is 17.0 Å². The zero-order valence-electron chi connectivity index (χ0n) is 18.4. The van der Waals surface area contributed by atoms with E-state index in [0.29, 0.717) is 47.0 Å². The van der Waals surface area contributed by atoms with Crippen LogP contribution in [0.1, 0.15) is 34.5 Å². The first kappa shape index (κ1) is 20.8. The fourth-order valence-corrected chi connectivity index (χ4v) is 4.04. The van der Waals surface area contributed by atoms with Crippen LogP contribution in [-0.4, -0.2) is 19.1 Å². The van der Waals surface area contributed by atoms with Crippen LogP contribution in [0.3, 0.4) is 0 Å². The minimum absolute atomic E-state index is 0.148. The average molecular weight is 441 g/mol. The molecule has 0 bridgehead atoms. The van der Waals surface area contributed by atoms with Crippen molar-refractivity contribution in [1.82, 2.24) is 5.32 Å². The molecule has 0 saturated carbocycles. The lowest BCUT2D eigenvalue weighted by atomic mass is 10.0. The van der Waals surface area contributed by atoms with Gasteiger partial charge in [-0.2, -0.15) is 0 Å². The maximum absolute atomic E-state index is 13.2. The normalized spacial score (nSPS) is 13.5. The monoisotopic (exact) mass is 441 g/mol. The summed E-state index contributed by atoms with van der Waals surface area (Å²) in [5, 5.41) is 3.39. The second kappa shape index (κ2) is 8.47. The largest absolute Gasteiger partial charge is 0.486 e. The van der Waals surface area contributed by atoms with Crippen LogP contribution in [0.2, 0.25) is 0 Å². The number of benzene rings is 3. The Morgan fingerprint density at radius 3 is 2.48 bits per heavy atom. The molecule has 1 N–H and O–H groups in total. The molecule has 6 heteroatoms. The molecule has 0 radical (unpaired) electrons. The molecule has 6 nitrogen and oxygen atoms in total. The highest BCUT2D eigenvalue weighted by Gasteiger charge is 2.21. The van der Waals surface area contributed by atoms with Gasteiger partial charge in [0.1, 0.15) is 19.0 Å². The SMILES string of the molecule is Cc1c(-c2ccccc2)oc2c(C(=O)N[C@@H](C)c3ccc4c(c3)OCCO4)cccc2c1=O. The lowest BCUT2D eigenvalue weighted by Crippen LogP contribution is -2.27. The molecule has 1 atom stereocenters. The van der Waals surface area contributed by atoms with Crippen molar-refractivity contribution in [3.05, 3.63) is 93.6 Å². The van der Waals surface area contributed by atoms with Gasteiger partial charge in [0.2, 0.25) is 0 Å². The van der Waals surface area contributed by atoms with Crippen molar-refractivity contribution in [2.75, 3.05) is 13.2 Å². The Bertz CT molecular complexity index is 1410. The van der Waals surface area contributed by atoms with Crippen LogP contribution in [0.5, 0.6) is 11.5 Å². The summed E-state index contributed by atoms with van der Waals surface area (Å²) in [7, 11) is 0. The third-order valence-electron chi connectivity index (χ3n) is 5.84. The molecule has 4 aromatic rings. The lowest BCUT2D eigenvalue weighted by molar-refractivity contribution is 0.0940. The second-order valence-electron chi connectivity index (χ2n) is 8.03. The molecule has 5 rings (SSSR count). The Labute approximate surface area is 190 Å². The van der Waals surface area contributed by atoms with Gasteiger partial charge in [-0.3, -0.25) is 9.59 Å². The highest BCUT2D eigenvalue weighted by molar-refractivity contribution is 6.05. The number of rotatable bonds is 4. The molecule has 33 heavy (non-hydrogen) atoms. The average Bonchev–Trinajstić information content (AvgIpc) is 2.86. The third kappa shape index (κ3) is 3.84. The summed E-state index contributed by atoms with van der Waals surface area (Å²) < 4.78 is 17.4. The lowest BCUT2D eigenvalue weighted by Gasteiger charge is -2.21. The Hall–Kier alpha value is -4.06. The van der Waals surface area contributed by atoms with Crippen molar-refractivity contribution in [3.63, 3.8) is 0 Å². The van der Waals surface area contributed by atoms with Crippen LogP contribution in [0, 0.1) is 6.92 Å². The summed E-state index contributed by atoms with van der Waals surface area (Å²) in [4.78, 5) is 26.3. The molecule has 0 aliphatic carbocycles. The molecular formula is C27H23NO5. The number of ether oxygens (including phenoxy) is 2. The quantitative estimate of drug-likeness (QED) is 0.481. The Morgan fingerprint density at radius 1 is 0.939 bits per heavy atom. The van der Waals surface area contributed by atoms with E-state index in [4.69, 9.17) is 13.9 Å². The summed E-state index contributed by atoms with van der Waals surface area (Å²) in [6, 6.07) is 19.8. The Kier molecular flexibility index (Phi) is 5.34. The van der Waals surface area contributed by atoms with E-state index in [9.17, 15) is 9.59 Å². The van der Waals surface area contributed by atoms with E-state index in [1.165, 1.54) is 0 Å². The first-order chi connectivity index (χ1) is 16.0. The van der Waals surface area contributed by atoms with Crippen molar-refractivity contribution in [2.45, 2.75) is 19.9 Å². The molecule has 1 aromatic heterocycles. The first-order valence-corrected chi connectivity index (χ1v) is 10.8. The topological polar surface area (TPSA) is 77.8 Å². The van der Waals surface area contributed by atoms with Gasteiger partial charge < -0.3 is 19.2 Å². The van der Waals surface area contributed by atoms with Crippen LogP contribution in [-0.2, 0) is 0 Å². The predicted molar refractivity (Wildman–Crippen MR) is 126 cm³/mol. The van der Waals surface area contributed by atoms with E-state index < -0.39 is 0 Å². The minimum atomic E-state index is -0.325. The summed E-state index contributed by atoms with van der Waals surface area (Å²) in [5.74, 6) is 1.50. The van der Waals surface area contributed by atoms with Gasteiger partial charge in [0.25, 0.3) is 5.91 Å². The van der Waals surface area contributed by atoms with Crippen LogP contribution in [0.25, 0.3) is 22.3 Å². The number of amides is 1. The fraction of sp³-hybridized carbons (Fsp3) is 0.185. The van der Waals surface area contributed by atoms with E-state index >= 15 is 0 Å². The minimum Gasteiger partial charge on any atom is -0.486 e. The number of carbonyl (C=O) groups is 1. The molecule has 0 spiro atoms. The van der Waals surface area contributed by atoms with Crippen molar-refractivity contribution in [3.8, 4) is 22.8 Å². The van der Waals surface area contributed by atoms with Gasteiger partial charge in [0.15, 0.2) is 22.5 Å². The molecule has 1 amide bonds. The number of hydrogen-bond acceptors (Lipinski definition) is 5. The van der Waals surface area contributed by atoms with Gasteiger partial charge in [0, 0.05) is 11.1 Å². The van der Waals surface area contributed by atoms with Crippen molar-refractivity contribution in [2.24, 2.45) is 0 Å². The summed E-state index contributed by atoms with van der Waals surface area (Å²) in [6.07, 6.45) is 0. The predicted octanol–water partition coefficient (Wildman–Crippen LogP) is 5.03. The molecule has 1 aliphatic rings. The highest BCUT2D eigenvalue weighted by atomic mass is 16.6. The molecule has 0 unspecified atom stereocenters. The maximum atomic E-state index is 13.2. The second-order valence-corrected chi connectivity index (χ2v) is 8.03. The smallest absolute Gasteiger partial charge is 0.255 e. The first-order valence-electron chi connectivity index (χ1n) is 10.8. The van der Waals surface area contributed by atoms with E-state index in [2.05, 4.69) is 5.32 Å². The zero-order valence-corrected chi connectivity index (χ0v) is 18.4. The molecule has 0 saturated heterocycles. The van der Waals surface area contributed by atoms with Crippen molar-refractivity contribution < 1.29 is 18.7 Å². The van der Waals surface area contributed by atoms with Crippen LogP contribution in [0.4, 0.5) is 0 Å². The van der Waals surface area contributed by atoms with E-state index in [1.54, 1.807) is 25.1 Å². The third-order valence-corrected chi connectivity index (χ3v) is 5.84. The molecule has 3 aromatic carbocycles. The van der Waals surface area contributed by atoms with Crippen molar-refractivity contribution >= 4 is 16.9 Å². The van der Waals surface area contributed by atoms with Gasteiger partial charge in [-0.15, -0.1) is 0 Å². The molecule has 1 aliphatic heterocycles. The fourth-order valence-electron chi connectivity index (χ4n) is 4.04. The van der Waals surface area contributed by atoms with Crippen LogP contribution >= 0.6 is 0 Å². The van der Waals surface area contributed by atoms with E-state index in [-0.39, 0.29) is 23.0 Å². The highest BCUT2D eigenvalue weighted by Crippen LogP contribution is 2.33. The number of fused-ring (bicyclic) bond motifs is 2. The van der Waals surface area contributed by atoms with Crippen molar-refractivity contribution in [1.29, 1.82) is 0 Å². The van der Waals surface area contributed by atoms with E-state index in [1.807, 2.05) is 55.5 Å². The zero-order chi connectivity index (χ0) is 22.9. The Balaban J connectivity index is 1.51. The van der Waals surface area contributed by atoms with Crippen LogP contribution < -0.4 is 20.2 Å². The standard InChI is InChI=1S/C27H23NO5/c1-16-24(29)20-9-6-10-21(26(20)33-25(16)18-7-4-3-5-8-18)27(30)28-17(2)19-11-12-22-23(15-19)32-14-13-31-22/h3-12,15,17H,13-14H2,1-2H3,(H,28,30)/t17-/m0/s1. The molecule has 166 valence electrons. The Morgan fingerprint density at radius 2 is 1.70 bits per heavy atom. The number of hydrogen-bond donors (Lipinski definition) is 1. The summed E-state index contributed by atoms with van der Waals surface area (Å²) in [5.41, 5.74) is 2.62. The van der Waals surface area contributed by atoms with Gasteiger partial charge >= 0.3 is 0 Å².